The number of hydrogen-bond donors (Lipinski definition) is 0. The normalized spacial score (nSPS) is 27.9. The van der Waals surface area contributed by atoms with E-state index in [4.69, 9.17) is 17.8 Å². The minimum atomic E-state index is -3.48. The molecule has 0 radical (unpaired) electrons. The summed E-state index contributed by atoms with van der Waals surface area (Å²) in [6.45, 7) is -9.96. The van der Waals surface area contributed by atoms with Crippen molar-refractivity contribution in [1.29, 1.82) is 0 Å². The van der Waals surface area contributed by atoms with Crippen LogP contribution < -0.4 is 4.90 Å². The molecule has 1 aliphatic heterocycles. The first-order valence-corrected chi connectivity index (χ1v) is 6.62. The minimum absolute atomic E-state index is 0.0462. The van der Waals surface area contributed by atoms with E-state index in [2.05, 4.69) is 0 Å². The van der Waals surface area contributed by atoms with E-state index in [0.717, 1.165) is 18.8 Å². The third-order valence-corrected chi connectivity index (χ3v) is 3.79. The maximum absolute atomic E-state index is 8.89. The zero-order valence-corrected chi connectivity index (χ0v) is 11.4. The molecule has 1 heterocycles. The number of anilines is 2. The summed E-state index contributed by atoms with van der Waals surface area (Å²) in [6.07, 6.45) is 0. The van der Waals surface area contributed by atoms with E-state index in [1.54, 1.807) is 12.1 Å². The van der Waals surface area contributed by atoms with Crippen molar-refractivity contribution in [2.45, 2.75) is 22.7 Å². The fourth-order valence-electron chi connectivity index (χ4n) is 1.78. The van der Waals surface area contributed by atoms with Crippen LogP contribution in [0, 0.1) is 0 Å². The average molecular weight is 298 g/mol. The molecule has 3 rings (SSSR count). The lowest BCUT2D eigenvalue weighted by Gasteiger charge is -2.36. The van der Waals surface area contributed by atoms with Crippen LogP contribution in [0.2, 0.25) is 0 Å². The van der Waals surface area contributed by atoms with Crippen LogP contribution in [0.5, 0.6) is 0 Å². The Bertz CT molecular complexity index is 1100. The van der Waals surface area contributed by atoms with Gasteiger partial charge in [-0.2, -0.15) is 0 Å². The van der Waals surface area contributed by atoms with Crippen LogP contribution in [0.3, 0.4) is 0 Å². The second-order valence-corrected chi connectivity index (χ2v) is 5.15. The van der Waals surface area contributed by atoms with Crippen LogP contribution in [0.1, 0.15) is 24.7 Å². The van der Waals surface area contributed by atoms with E-state index in [1.165, 1.54) is 12.1 Å². The molecule has 20 heavy (non-hydrogen) atoms. The zero-order valence-electron chi connectivity index (χ0n) is 23.6. The lowest BCUT2D eigenvalue weighted by Crippen LogP contribution is -2.37. The van der Waals surface area contributed by atoms with Gasteiger partial charge in [0, 0.05) is 31.9 Å². The first-order chi connectivity index (χ1) is 14.9. The number of likely N-dealkylation sites (N-methyl/N-ethyl adjacent to an activating group) is 1. The molecular formula is C17H20N2S. The van der Waals surface area contributed by atoms with Crippen molar-refractivity contribution in [2.24, 2.45) is 0 Å². The highest BCUT2D eigenvalue weighted by atomic mass is 32.2. The van der Waals surface area contributed by atoms with Crippen LogP contribution in [0.15, 0.2) is 58.2 Å². The summed E-state index contributed by atoms with van der Waals surface area (Å²) in [6, 6.07) is 0.402. The molecule has 3 heteroatoms. The Hall–Kier alpha value is -1.45. The second-order valence-electron chi connectivity index (χ2n) is 4.10. The Morgan fingerprint density at radius 3 is 3.05 bits per heavy atom. The summed E-state index contributed by atoms with van der Waals surface area (Å²) in [7, 11) is 0.816. The maximum Gasteiger partial charge on any atom is 0.0645 e. The molecule has 1 unspecified atom stereocenters. The van der Waals surface area contributed by atoms with Crippen molar-refractivity contribution >= 4 is 23.1 Å². The van der Waals surface area contributed by atoms with Gasteiger partial charge >= 0.3 is 0 Å². The molecule has 0 saturated carbocycles. The van der Waals surface area contributed by atoms with Crippen molar-refractivity contribution < 1.29 is 17.8 Å². The van der Waals surface area contributed by atoms with Gasteiger partial charge in [0.2, 0.25) is 0 Å². The fraction of sp³-hybridized carbons (Fsp3) is 0.294. The first-order valence-electron chi connectivity index (χ1n) is 12.3. The summed E-state index contributed by atoms with van der Waals surface area (Å²) >= 11 is 0.952. The number of para-hydroxylation sites is 2. The Kier molecular flexibility index (Phi) is 1.40. The SMILES string of the molecule is [2H]c1c([2H])c([2H])c2c(c1[2H])Sc1ccccc1N2C([2H])([2H])C([2H])(N(C)C([2H])([2H])[2H])C([2H])([2H])[2H]. The average Bonchev–Trinajstić information content (AvgIpc) is 2.71. The molecule has 0 amide bonds. The lowest BCUT2D eigenvalue weighted by atomic mass is 10.2. The molecule has 0 N–H and O–H groups in total. The van der Waals surface area contributed by atoms with E-state index in [-0.39, 0.29) is 21.2 Å². The molecule has 1 aliphatic rings. The lowest BCUT2D eigenvalue weighted by molar-refractivity contribution is 0.319. The monoisotopic (exact) mass is 297 g/mol. The van der Waals surface area contributed by atoms with Gasteiger partial charge in [-0.1, -0.05) is 36.0 Å². The largest absolute Gasteiger partial charge is 0.338 e. The summed E-state index contributed by atoms with van der Waals surface area (Å²) in [5.74, 6) is 0. The Balaban J connectivity index is 2.45. The van der Waals surface area contributed by atoms with Gasteiger partial charge in [0.25, 0.3) is 0 Å². The zero-order chi connectivity index (χ0) is 25.3. The molecule has 1 atom stereocenters. The van der Waals surface area contributed by atoms with Crippen LogP contribution in [-0.2, 0) is 0 Å². The summed E-state index contributed by atoms with van der Waals surface area (Å²) in [5, 5.41) is 0. The van der Waals surface area contributed by atoms with E-state index < -0.39 is 50.5 Å². The van der Waals surface area contributed by atoms with Gasteiger partial charge in [-0.25, -0.2) is 0 Å². The highest BCUT2D eigenvalue weighted by Gasteiger charge is 2.24. The van der Waals surface area contributed by atoms with Gasteiger partial charge in [0.1, 0.15) is 0 Å². The summed E-state index contributed by atoms with van der Waals surface area (Å²) in [5.41, 5.74) is -0.320. The maximum atomic E-state index is 8.89. The van der Waals surface area contributed by atoms with E-state index in [9.17, 15) is 0 Å². The predicted molar refractivity (Wildman–Crippen MR) is 87.2 cm³/mol. The molecule has 0 aliphatic carbocycles. The van der Waals surface area contributed by atoms with E-state index in [0.29, 0.717) is 9.80 Å². The van der Waals surface area contributed by atoms with Gasteiger partial charge in [0.15, 0.2) is 0 Å². The van der Waals surface area contributed by atoms with Crippen molar-refractivity contribution in [2.75, 3.05) is 25.4 Å². The highest BCUT2D eigenvalue weighted by molar-refractivity contribution is 7.99. The predicted octanol–water partition coefficient (Wildman–Crippen LogP) is 4.24. The molecule has 2 aromatic rings. The number of fused-ring (bicyclic) bond motifs is 2. The number of benzene rings is 2. The third kappa shape index (κ3) is 2.43. The van der Waals surface area contributed by atoms with Crippen molar-refractivity contribution in [3.05, 3.63) is 48.4 Å². The van der Waals surface area contributed by atoms with Crippen LogP contribution in [0.4, 0.5) is 11.4 Å². The molecule has 0 aromatic heterocycles. The summed E-state index contributed by atoms with van der Waals surface area (Å²) in [4.78, 5) is 1.16. The topological polar surface area (TPSA) is 6.48 Å². The van der Waals surface area contributed by atoms with Gasteiger partial charge in [-0.15, -0.1) is 0 Å². The first kappa shape index (κ1) is 5.08. The van der Waals surface area contributed by atoms with Crippen LogP contribution >= 0.6 is 11.8 Å². The van der Waals surface area contributed by atoms with E-state index >= 15 is 0 Å². The smallest absolute Gasteiger partial charge is 0.0645 e. The Morgan fingerprint density at radius 1 is 1.35 bits per heavy atom. The Labute approximate surface area is 143 Å². The van der Waals surface area contributed by atoms with Crippen LogP contribution in [-0.4, -0.2) is 31.4 Å². The molecule has 0 bridgehead atoms. The minimum Gasteiger partial charge on any atom is -0.338 e. The quantitative estimate of drug-likeness (QED) is 0.836. The number of nitrogens with zero attached hydrogens (tertiary/aromatic N) is 2. The Morgan fingerprint density at radius 2 is 2.20 bits per heavy atom. The van der Waals surface area contributed by atoms with Gasteiger partial charge in [-0.3, -0.25) is 0 Å². The number of rotatable bonds is 3. The molecule has 104 valence electrons. The number of hydrogen-bond acceptors (Lipinski definition) is 3. The molecular weight excluding hydrogens is 264 g/mol. The van der Waals surface area contributed by atoms with Crippen molar-refractivity contribution in [3.8, 4) is 0 Å². The van der Waals surface area contributed by atoms with Crippen molar-refractivity contribution in [3.63, 3.8) is 0 Å². The molecule has 0 fully saturated rings. The van der Waals surface area contributed by atoms with Gasteiger partial charge in [0.05, 0.1) is 19.6 Å². The molecule has 2 aromatic carbocycles. The standard InChI is InChI=1S/C17H20N2S/c1-13(18(2)3)12-19-14-8-4-6-10-16(14)20-17-11-7-5-9-15(17)19/h4-11,13H,12H2,1-3H3/i1D3,2D3,4D,6D,8D,10D,12D2,13D. The molecule has 0 saturated heterocycles. The van der Waals surface area contributed by atoms with Crippen LogP contribution in [0.25, 0.3) is 0 Å². The van der Waals surface area contributed by atoms with Gasteiger partial charge < -0.3 is 9.80 Å². The summed E-state index contributed by atoms with van der Waals surface area (Å²) < 4.78 is 106. The third-order valence-electron chi connectivity index (χ3n) is 2.73. The molecule has 2 nitrogen and oxygen atoms in total. The fourth-order valence-corrected chi connectivity index (χ4v) is 2.75. The van der Waals surface area contributed by atoms with Gasteiger partial charge in [-0.05, 0) is 45.1 Å². The highest BCUT2D eigenvalue weighted by Crippen LogP contribution is 2.47. The van der Waals surface area contributed by atoms with E-state index in [1.807, 2.05) is 0 Å². The van der Waals surface area contributed by atoms with Crippen molar-refractivity contribution in [1.82, 2.24) is 4.90 Å². The second kappa shape index (κ2) is 5.51. The molecule has 0 spiro atoms.